The van der Waals surface area contributed by atoms with Gasteiger partial charge in [-0.25, -0.2) is 0 Å². The summed E-state index contributed by atoms with van der Waals surface area (Å²) in [5, 5.41) is 7.83. The van der Waals surface area contributed by atoms with Gasteiger partial charge in [0.1, 0.15) is 6.10 Å². The first-order chi connectivity index (χ1) is 9.72. The summed E-state index contributed by atoms with van der Waals surface area (Å²) < 4.78 is 10.6. The highest BCUT2D eigenvalue weighted by molar-refractivity contribution is 6.30. The number of hydrogen-bond acceptors (Lipinski definition) is 5. The molecule has 0 spiro atoms. The Morgan fingerprint density at radius 3 is 3.00 bits per heavy atom. The molecule has 0 aliphatic rings. The van der Waals surface area contributed by atoms with E-state index in [-0.39, 0.29) is 6.10 Å². The molecule has 0 fully saturated rings. The number of aromatic nitrogens is 2. The third-order valence-electron chi connectivity index (χ3n) is 2.88. The molecule has 2 rings (SSSR count). The van der Waals surface area contributed by atoms with Gasteiger partial charge in [0.15, 0.2) is 0 Å². The van der Waals surface area contributed by atoms with Crippen LogP contribution >= 0.6 is 11.6 Å². The van der Waals surface area contributed by atoms with Gasteiger partial charge in [-0.15, -0.1) is 0 Å². The van der Waals surface area contributed by atoms with Crippen molar-refractivity contribution < 1.29 is 9.26 Å². The second-order valence-corrected chi connectivity index (χ2v) is 4.86. The van der Waals surface area contributed by atoms with Crippen LogP contribution in [0, 0.1) is 0 Å². The topological polar surface area (TPSA) is 60.2 Å². The van der Waals surface area contributed by atoms with E-state index in [0.29, 0.717) is 23.3 Å². The van der Waals surface area contributed by atoms with Gasteiger partial charge in [0, 0.05) is 17.8 Å². The first-order valence-corrected chi connectivity index (χ1v) is 6.95. The summed E-state index contributed by atoms with van der Waals surface area (Å²) in [7, 11) is 1.65. The second-order valence-electron chi connectivity index (χ2n) is 4.42. The van der Waals surface area contributed by atoms with E-state index in [9.17, 15) is 0 Å². The average Bonchev–Trinajstić information content (AvgIpc) is 2.91. The Labute approximate surface area is 123 Å². The molecular formula is C14H18ClN3O2. The van der Waals surface area contributed by atoms with E-state index in [0.717, 1.165) is 18.5 Å². The van der Waals surface area contributed by atoms with E-state index in [4.69, 9.17) is 20.9 Å². The maximum Gasteiger partial charge on any atom is 0.246 e. The number of rotatable bonds is 7. The summed E-state index contributed by atoms with van der Waals surface area (Å²) in [6.07, 6.45) is 1.77. The van der Waals surface area contributed by atoms with Crippen LogP contribution < -0.4 is 5.32 Å². The number of methoxy groups -OCH3 is 1. The number of nitrogens with one attached hydrogen (secondary N) is 1. The van der Waals surface area contributed by atoms with E-state index in [1.807, 2.05) is 24.3 Å². The number of nitrogens with zero attached hydrogens (tertiary/aromatic N) is 2. The third-order valence-corrected chi connectivity index (χ3v) is 3.11. The fraction of sp³-hybridized carbons (Fsp3) is 0.429. The minimum Gasteiger partial charge on any atom is -0.376 e. The van der Waals surface area contributed by atoms with E-state index >= 15 is 0 Å². The molecule has 1 aromatic carbocycles. The van der Waals surface area contributed by atoms with Crippen LogP contribution in [-0.2, 0) is 11.3 Å². The molecule has 1 atom stereocenters. The Morgan fingerprint density at radius 1 is 1.45 bits per heavy atom. The van der Waals surface area contributed by atoms with Gasteiger partial charge in [-0.1, -0.05) is 36.2 Å². The highest BCUT2D eigenvalue weighted by Crippen LogP contribution is 2.19. The molecule has 5 nitrogen and oxygen atoms in total. The summed E-state index contributed by atoms with van der Waals surface area (Å²) >= 11 is 5.92. The van der Waals surface area contributed by atoms with Crippen molar-refractivity contribution in [3.05, 3.63) is 41.0 Å². The SMILES string of the molecule is CCCC(OC)c1noc(CNc2cccc(Cl)c2)n1. The van der Waals surface area contributed by atoms with Crippen LogP contribution in [0.2, 0.25) is 5.02 Å². The average molecular weight is 296 g/mol. The summed E-state index contributed by atoms with van der Waals surface area (Å²) in [5.74, 6) is 1.12. The zero-order chi connectivity index (χ0) is 14.4. The van der Waals surface area contributed by atoms with Crippen LogP contribution in [0.4, 0.5) is 5.69 Å². The number of hydrogen-bond donors (Lipinski definition) is 1. The van der Waals surface area contributed by atoms with E-state index < -0.39 is 0 Å². The standard InChI is InChI=1S/C14H18ClN3O2/c1-3-5-12(19-2)14-17-13(20-18-14)9-16-11-7-4-6-10(15)8-11/h4,6-8,12,16H,3,5,9H2,1-2H3. The molecule has 0 bridgehead atoms. The molecular weight excluding hydrogens is 278 g/mol. The molecule has 2 aromatic rings. The number of anilines is 1. The van der Waals surface area contributed by atoms with Crippen molar-refractivity contribution in [2.45, 2.75) is 32.4 Å². The first-order valence-electron chi connectivity index (χ1n) is 6.57. The van der Waals surface area contributed by atoms with Gasteiger partial charge in [-0.2, -0.15) is 4.98 Å². The first kappa shape index (κ1) is 14.8. The molecule has 0 radical (unpaired) electrons. The Bertz CT molecular complexity index is 545. The lowest BCUT2D eigenvalue weighted by molar-refractivity contribution is 0.0854. The molecule has 0 aliphatic heterocycles. The smallest absolute Gasteiger partial charge is 0.246 e. The zero-order valence-electron chi connectivity index (χ0n) is 11.6. The lowest BCUT2D eigenvalue weighted by Crippen LogP contribution is -2.04. The van der Waals surface area contributed by atoms with Crippen molar-refractivity contribution in [2.75, 3.05) is 12.4 Å². The fourth-order valence-electron chi connectivity index (χ4n) is 1.86. The lowest BCUT2D eigenvalue weighted by Gasteiger charge is -2.08. The molecule has 1 N–H and O–H groups in total. The van der Waals surface area contributed by atoms with Crippen molar-refractivity contribution in [3.8, 4) is 0 Å². The monoisotopic (exact) mass is 295 g/mol. The Morgan fingerprint density at radius 2 is 2.30 bits per heavy atom. The van der Waals surface area contributed by atoms with Gasteiger partial charge in [0.2, 0.25) is 11.7 Å². The second kappa shape index (κ2) is 7.26. The summed E-state index contributed by atoms with van der Waals surface area (Å²) in [6, 6.07) is 7.48. The van der Waals surface area contributed by atoms with Gasteiger partial charge in [-0.05, 0) is 24.6 Å². The molecule has 0 aliphatic carbocycles. The van der Waals surface area contributed by atoms with E-state index in [2.05, 4.69) is 22.4 Å². The van der Waals surface area contributed by atoms with Crippen LogP contribution in [0.5, 0.6) is 0 Å². The van der Waals surface area contributed by atoms with E-state index in [1.54, 1.807) is 7.11 Å². The Balaban J connectivity index is 1.95. The van der Waals surface area contributed by atoms with Crippen LogP contribution in [0.25, 0.3) is 0 Å². The van der Waals surface area contributed by atoms with E-state index in [1.165, 1.54) is 0 Å². The van der Waals surface area contributed by atoms with Gasteiger partial charge in [0.25, 0.3) is 0 Å². The molecule has 0 amide bonds. The van der Waals surface area contributed by atoms with Crippen LogP contribution in [0.1, 0.15) is 37.6 Å². The molecule has 0 saturated heterocycles. The highest BCUT2D eigenvalue weighted by Gasteiger charge is 2.16. The summed E-state index contributed by atoms with van der Waals surface area (Å²) in [5.41, 5.74) is 0.911. The summed E-state index contributed by atoms with van der Waals surface area (Å²) in [6.45, 7) is 2.55. The number of benzene rings is 1. The van der Waals surface area contributed by atoms with Gasteiger partial charge < -0.3 is 14.6 Å². The van der Waals surface area contributed by atoms with Crippen molar-refractivity contribution in [2.24, 2.45) is 0 Å². The van der Waals surface area contributed by atoms with Crippen LogP contribution in [-0.4, -0.2) is 17.3 Å². The molecule has 0 saturated carbocycles. The molecule has 1 unspecified atom stereocenters. The fourth-order valence-corrected chi connectivity index (χ4v) is 2.05. The third kappa shape index (κ3) is 3.95. The van der Waals surface area contributed by atoms with Gasteiger partial charge >= 0.3 is 0 Å². The maximum atomic E-state index is 5.92. The van der Waals surface area contributed by atoms with Crippen molar-refractivity contribution >= 4 is 17.3 Å². The van der Waals surface area contributed by atoms with Gasteiger partial charge in [-0.3, -0.25) is 0 Å². The van der Waals surface area contributed by atoms with Crippen LogP contribution in [0.15, 0.2) is 28.8 Å². The zero-order valence-corrected chi connectivity index (χ0v) is 12.4. The lowest BCUT2D eigenvalue weighted by atomic mass is 10.2. The predicted octanol–water partition coefficient (Wildman–Crippen LogP) is 3.82. The number of halogens is 1. The predicted molar refractivity (Wildman–Crippen MR) is 77.7 cm³/mol. The number of ether oxygens (including phenoxy) is 1. The molecule has 108 valence electrons. The molecule has 20 heavy (non-hydrogen) atoms. The van der Waals surface area contributed by atoms with Crippen LogP contribution in [0.3, 0.4) is 0 Å². The Hall–Kier alpha value is -1.59. The van der Waals surface area contributed by atoms with Crippen molar-refractivity contribution in [3.63, 3.8) is 0 Å². The summed E-state index contributed by atoms with van der Waals surface area (Å²) in [4.78, 5) is 4.34. The minimum absolute atomic E-state index is 0.108. The minimum atomic E-state index is -0.108. The Kier molecular flexibility index (Phi) is 5.38. The quantitative estimate of drug-likeness (QED) is 0.841. The van der Waals surface area contributed by atoms with Gasteiger partial charge in [0.05, 0.1) is 6.54 Å². The van der Waals surface area contributed by atoms with Crippen molar-refractivity contribution in [1.29, 1.82) is 0 Å². The molecule has 1 aromatic heterocycles. The van der Waals surface area contributed by atoms with Crippen molar-refractivity contribution in [1.82, 2.24) is 10.1 Å². The molecule has 6 heteroatoms. The highest BCUT2D eigenvalue weighted by atomic mass is 35.5. The normalized spacial score (nSPS) is 12.3. The molecule has 1 heterocycles. The largest absolute Gasteiger partial charge is 0.376 e. The maximum absolute atomic E-state index is 5.92.